The standard InChI is InChI=1S/C26H32N4O4/c31-26(21-10-11-23(25(18-21)30(32)33)27-14-16-34-17-15-27)29-13-5-9-24(29)22-8-4-12-28(22)19-20-6-2-1-3-7-20/h1-3,6-7,10-11,18,22,24H,4-5,8-9,12-17,19H2/t22-,24+/m1/s1. The van der Waals surface area contributed by atoms with Crippen LogP contribution in [0, 0.1) is 10.1 Å². The van der Waals surface area contributed by atoms with Gasteiger partial charge in [-0.3, -0.25) is 19.8 Å². The molecule has 0 aromatic heterocycles. The van der Waals surface area contributed by atoms with E-state index in [1.165, 1.54) is 11.6 Å². The summed E-state index contributed by atoms with van der Waals surface area (Å²) in [6.45, 7) is 4.96. The number of nitro groups is 1. The molecule has 2 aromatic rings. The molecule has 3 aliphatic heterocycles. The lowest BCUT2D eigenvalue weighted by molar-refractivity contribution is -0.384. The summed E-state index contributed by atoms with van der Waals surface area (Å²) >= 11 is 0. The fraction of sp³-hybridized carbons (Fsp3) is 0.500. The van der Waals surface area contributed by atoms with E-state index in [1.807, 2.05) is 15.9 Å². The Morgan fingerprint density at radius 2 is 1.71 bits per heavy atom. The molecule has 3 fully saturated rings. The second-order valence-electron chi connectivity index (χ2n) is 9.43. The van der Waals surface area contributed by atoms with Crippen molar-refractivity contribution in [3.05, 3.63) is 69.8 Å². The van der Waals surface area contributed by atoms with Gasteiger partial charge < -0.3 is 14.5 Å². The maximum atomic E-state index is 13.6. The molecule has 1 amide bonds. The van der Waals surface area contributed by atoms with Crippen molar-refractivity contribution < 1.29 is 14.5 Å². The number of amides is 1. The molecule has 3 heterocycles. The van der Waals surface area contributed by atoms with Crippen LogP contribution >= 0.6 is 0 Å². The van der Waals surface area contributed by atoms with E-state index in [0.717, 1.165) is 38.8 Å². The molecule has 3 aliphatic rings. The first-order valence-electron chi connectivity index (χ1n) is 12.3. The van der Waals surface area contributed by atoms with Gasteiger partial charge in [0.05, 0.1) is 18.1 Å². The van der Waals surface area contributed by atoms with Crippen molar-refractivity contribution in [3.8, 4) is 0 Å². The number of carbonyl (C=O) groups is 1. The molecule has 0 N–H and O–H groups in total. The molecule has 8 nitrogen and oxygen atoms in total. The van der Waals surface area contributed by atoms with E-state index in [1.54, 1.807) is 12.1 Å². The minimum Gasteiger partial charge on any atom is -0.378 e. The molecule has 5 rings (SSSR count). The summed E-state index contributed by atoms with van der Waals surface area (Å²) in [5.41, 5.74) is 2.26. The third-order valence-electron chi connectivity index (χ3n) is 7.42. The summed E-state index contributed by atoms with van der Waals surface area (Å²) in [4.78, 5) is 31.5. The molecule has 0 bridgehead atoms. The van der Waals surface area contributed by atoms with Gasteiger partial charge in [0.1, 0.15) is 5.69 Å². The topological polar surface area (TPSA) is 79.2 Å². The number of anilines is 1. The Hall–Kier alpha value is -2.97. The zero-order valence-electron chi connectivity index (χ0n) is 19.5. The highest BCUT2D eigenvalue weighted by Crippen LogP contribution is 2.34. The minimum absolute atomic E-state index is 0.00457. The second-order valence-corrected chi connectivity index (χ2v) is 9.43. The predicted molar refractivity (Wildman–Crippen MR) is 130 cm³/mol. The highest BCUT2D eigenvalue weighted by Gasteiger charge is 2.40. The fourth-order valence-electron chi connectivity index (χ4n) is 5.79. The highest BCUT2D eigenvalue weighted by atomic mass is 16.6. The molecule has 2 aromatic carbocycles. The normalized spacial score (nSPS) is 23.4. The maximum absolute atomic E-state index is 13.6. The van der Waals surface area contributed by atoms with Crippen molar-refractivity contribution in [2.75, 3.05) is 44.3 Å². The van der Waals surface area contributed by atoms with Crippen molar-refractivity contribution in [3.63, 3.8) is 0 Å². The van der Waals surface area contributed by atoms with Crippen LogP contribution in [0.5, 0.6) is 0 Å². The summed E-state index contributed by atoms with van der Waals surface area (Å²) in [6.07, 6.45) is 4.17. The van der Waals surface area contributed by atoms with Gasteiger partial charge in [-0.25, -0.2) is 0 Å². The van der Waals surface area contributed by atoms with Crippen molar-refractivity contribution in [1.82, 2.24) is 9.80 Å². The number of ether oxygens (including phenoxy) is 1. The Labute approximate surface area is 200 Å². The summed E-state index contributed by atoms with van der Waals surface area (Å²) in [5, 5.41) is 11.9. The number of nitro benzene ring substituents is 1. The van der Waals surface area contributed by atoms with Gasteiger partial charge in [-0.05, 0) is 49.9 Å². The lowest BCUT2D eigenvalue weighted by atomic mass is 10.0. The van der Waals surface area contributed by atoms with E-state index in [0.29, 0.717) is 50.1 Å². The second kappa shape index (κ2) is 10.1. The quantitative estimate of drug-likeness (QED) is 0.479. The number of carbonyl (C=O) groups excluding carboxylic acids is 1. The number of likely N-dealkylation sites (tertiary alicyclic amines) is 2. The first kappa shape index (κ1) is 22.8. The molecule has 3 saturated heterocycles. The number of rotatable bonds is 6. The Morgan fingerprint density at radius 1 is 0.971 bits per heavy atom. The zero-order chi connectivity index (χ0) is 23.5. The molecule has 180 valence electrons. The Balaban J connectivity index is 1.35. The van der Waals surface area contributed by atoms with Gasteiger partial charge in [-0.1, -0.05) is 30.3 Å². The monoisotopic (exact) mass is 464 g/mol. The smallest absolute Gasteiger partial charge is 0.293 e. The van der Waals surface area contributed by atoms with E-state index in [2.05, 4.69) is 29.2 Å². The molecule has 0 unspecified atom stereocenters. The van der Waals surface area contributed by atoms with E-state index in [-0.39, 0.29) is 22.6 Å². The van der Waals surface area contributed by atoms with Gasteiger partial charge in [0.15, 0.2) is 0 Å². The van der Waals surface area contributed by atoms with Crippen LogP contribution in [0.2, 0.25) is 0 Å². The molecule has 0 aliphatic carbocycles. The van der Waals surface area contributed by atoms with Crippen molar-refractivity contribution in [2.45, 2.75) is 44.3 Å². The van der Waals surface area contributed by atoms with Crippen molar-refractivity contribution in [1.29, 1.82) is 0 Å². The first-order chi connectivity index (χ1) is 16.6. The van der Waals surface area contributed by atoms with Crippen LogP contribution in [0.3, 0.4) is 0 Å². The minimum atomic E-state index is -0.373. The average Bonchev–Trinajstić information content (AvgIpc) is 3.54. The average molecular weight is 465 g/mol. The maximum Gasteiger partial charge on any atom is 0.293 e. The van der Waals surface area contributed by atoms with E-state index in [9.17, 15) is 14.9 Å². The molecule has 2 atom stereocenters. The number of hydrogen-bond donors (Lipinski definition) is 0. The summed E-state index contributed by atoms with van der Waals surface area (Å²) < 4.78 is 5.38. The van der Waals surface area contributed by atoms with E-state index >= 15 is 0 Å². The molecule has 0 radical (unpaired) electrons. The Morgan fingerprint density at radius 3 is 2.47 bits per heavy atom. The highest BCUT2D eigenvalue weighted by molar-refractivity contribution is 5.96. The fourth-order valence-corrected chi connectivity index (χ4v) is 5.79. The van der Waals surface area contributed by atoms with Crippen LogP contribution in [0.1, 0.15) is 41.6 Å². The summed E-state index contributed by atoms with van der Waals surface area (Å²) in [7, 11) is 0. The van der Waals surface area contributed by atoms with Gasteiger partial charge in [0, 0.05) is 49.9 Å². The molecule has 0 saturated carbocycles. The van der Waals surface area contributed by atoms with Gasteiger partial charge >= 0.3 is 0 Å². The van der Waals surface area contributed by atoms with Crippen LogP contribution in [-0.2, 0) is 11.3 Å². The first-order valence-corrected chi connectivity index (χ1v) is 12.3. The molecule has 34 heavy (non-hydrogen) atoms. The van der Waals surface area contributed by atoms with Crippen LogP contribution in [0.4, 0.5) is 11.4 Å². The Bertz CT molecular complexity index is 1020. The van der Waals surface area contributed by atoms with E-state index < -0.39 is 0 Å². The zero-order valence-corrected chi connectivity index (χ0v) is 19.5. The van der Waals surface area contributed by atoms with Crippen LogP contribution in [0.15, 0.2) is 48.5 Å². The van der Waals surface area contributed by atoms with Crippen LogP contribution < -0.4 is 4.90 Å². The van der Waals surface area contributed by atoms with Gasteiger partial charge in [-0.2, -0.15) is 0 Å². The van der Waals surface area contributed by atoms with Crippen molar-refractivity contribution >= 4 is 17.3 Å². The number of morpholine rings is 1. The van der Waals surface area contributed by atoms with Gasteiger partial charge in [0.25, 0.3) is 11.6 Å². The third kappa shape index (κ3) is 4.65. The Kier molecular flexibility index (Phi) is 6.78. The van der Waals surface area contributed by atoms with Crippen molar-refractivity contribution in [2.24, 2.45) is 0 Å². The number of hydrogen-bond acceptors (Lipinski definition) is 6. The lowest BCUT2D eigenvalue weighted by Crippen LogP contribution is -2.48. The lowest BCUT2D eigenvalue weighted by Gasteiger charge is -2.35. The van der Waals surface area contributed by atoms with Crippen LogP contribution in [0.25, 0.3) is 0 Å². The van der Waals surface area contributed by atoms with E-state index in [4.69, 9.17) is 4.74 Å². The van der Waals surface area contributed by atoms with Gasteiger partial charge in [-0.15, -0.1) is 0 Å². The molecular formula is C26H32N4O4. The van der Waals surface area contributed by atoms with Crippen LogP contribution in [-0.4, -0.2) is 72.1 Å². The molecule has 8 heteroatoms. The number of benzene rings is 2. The summed E-state index contributed by atoms with van der Waals surface area (Å²) in [6, 6.07) is 15.9. The molecule has 0 spiro atoms. The predicted octanol–water partition coefficient (Wildman–Crippen LogP) is 3.70. The third-order valence-corrected chi connectivity index (χ3v) is 7.42. The summed E-state index contributed by atoms with van der Waals surface area (Å²) in [5.74, 6) is -0.0920. The van der Waals surface area contributed by atoms with Gasteiger partial charge in [0.2, 0.25) is 0 Å². The largest absolute Gasteiger partial charge is 0.378 e. The molecular weight excluding hydrogens is 432 g/mol. The SMILES string of the molecule is O=C(c1ccc(N2CCOCC2)c([N+](=O)[O-])c1)N1CCC[C@H]1[C@H]1CCCN1Cc1ccccc1. The number of nitrogens with zero attached hydrogens (tertiary/aromatic N) is 4.